The first-order valence-electron chi connectivity index (χ1n) is 16.7. The number of hydrogen-bond acceptors (Lipinski definition) is 6. The van der Waals surface area contributed by atoms with Gasteiger partial charge in [-0.3, -0.25) is 9.59 Å². The summed E-state index contributed by atoms with van der Waals surface area (Å²) in [5.41, 5.74) is 4.00. The standard InChI is InChI=1S/C35H41Cl2F3N8O2/c1-34(2,3)32(50)43-16-21-7-10-25(36)30(29(21)37)45-33-44-26-13-24(31(49)42-15-20-5-8-22(9-6-20)35(38,39)40)27(14-28(26)46(33)4)47-11-12-48-19-41-17-23(48)18-47/h7,10,13-14,17,19-20,22H,5-6,8-9,11-12,15-16,18H2,1-4H3,(H,42,49)(H,43,50)(H,44,45). The van der Waals surface area contributed by atoms with Gasteiger partial charge in [-0.2, -0.15) is 13.2 Å². The predicted molar refractivity (Wildman–Crippen MR) is 189 cm³/mol. The molecule has 4 aromatic rings. The molecule has 1 saturated carbocycles. The van der Waals surface area contributed by atoms with Gasteiger partial charge in [0.25, 0.3) is 5.91 Å². The summed E-state index contributed by atoms with van der Waals surface area (Å²) >= 11 is 13.4. The van der Waals surface area contributed by atoms with Crippen molar-refractivity contribution in [3.63, 3.8) is 0 Å². The number of carbonyl (C=O) groups is 2. The summed E-state index contributed by atoms with van der Waals surface area (Å²) in [6.45, 7) is 7.88. The highest BCUT2D eigenvalue weighted by atomic mass is 35.5. The highest BCUT2D eigenvalue weighted by Crippen LogP contribution is 2.40. The molecule has 0 radical (unpaired) electrons. The van der Waals surface area contributed by atoms with Gasteiger partial charge in [0, 0.05) is 44.8 Å². The van der Waals surface area contributed by atoms with Crippen LogP contribution in [0, 0.1) is 17.3 Å². The Balaban J connectivity index is 1.28. The molecule has 6 rings (SSSR count). The first-order valence-corrected chi connectivity index (χ1v) is 17.5. The topological polar surface area (TPSA) is 109 Å². The summed E-state index contributed by atoms with van der Waals surface area (Å²) in [4.78, 5) is 37.5. The molecular formula is C35H41Cl2F3N8O2. The number of benzene rings is 2. The molecule has 2 aromatic heterocycles. The lowest BCUT2D eigenvalue weighted by molar-refractivity contribution is -0.183. The van der Waals surface area contributed by atoms with Crippen molar-refractivity contribution in [1.82, 2.24) is 29.7 Å². The molecule has 3 heterocycles. The van der Waals surface area contributed by atoms with E-state index in [1.165, 1.54) is 0 Å². The van der Waals surface area contributed by atoms with Gasteiger partial charge in [-0.05, 0) is 55.4 Å². The zero-order valence-electron chi connectivity index (χ0n) is 28.4. The van der Waals surface area contributed by atoms with Crippen LogP contribution in [-0.2, 0) is 31.5 Å². The number of anilines is 3. The van der Waals surface area contributed by atoms with Crippen molar-refractivity contribution in [3.05, 3.63) is 63.7 Å². The van der Waals surface area contributed by atoms with E-state index in [0.29, 0.717) is 83.0 Å². The molecule has 3 N–H and O–H groups in total. The fourth-order valence-electron chi connectivity index (χ4n) is 6.60. The van der Waals surface area contributed by atoms with Crippen LogP contribution < -0.4 is 20.9 Å². The molecule has 2 aliphatic rings. The molecule has 2 amide bonds. The Morgan fingerprint density at radius 3 is 2.46 bits per heavy atom. The molecule has 50 heavy (non-hydrogen) atoms. The molecule has 0 bridgehead atoms. The number of imidazole rings is 2. The summed E-state index contributed by atoms with van der Waals surface area (Å²) in [6.07, 6.45) is 0.406. The first-order chi connectivity index (χ1) is 23.6. The molecule has 2 aromatic carbocycles. The lowest BCUT2D eigenvalue weighted by Gasteiger charge is -2.32. The van der Waals surface area contributed by atoms with Crippen molar-refractivity contribution in [3.8, 4) is 0 Å². The summed E-state index contributed by atoms with van der Waals surface area (Å²) in [5, 5.41) is 9.90. The van der Waals surface area contributed by atoms with Crippen LogP contribution in [-0.4, -0.2) is 50.2 Å². The molecule has 15 heteroatoms. The monoisotopic (exact) mass is 732 g/mol. The van der Waals surface area contributed by atoms with Crippen LogP contribution >= 0.6 is 23.2 Å². The van der Waals surface area contributed by atoms with Crippen LogP contribution in [0.1, 0.15) is 68.1 Å². The smallest absolute Gasteiger partial charge is 0.363 e. The Morgan fingerprint density at radius 1 is 1.02 bits per heavy atom. The quantitative estimate of drug-likeness (QED) is 0.172. The minimum absolute atomic E-state index is 0.0215. The number of nitrogens with zero attached hydrogens (tertiary/aromatic N) is 5. The minimum atomic E-state index is -4.18. The molecule has 0 saturated heterocycles. The van der Waals surface area contributed by atoms with E-state index in [1.807, 2.05) is 44.6 Å². The summed E-state index contributed by atoms with van der Waals surface area (Å²) in [5.74, 6) is -1.29. The molecule has 1 fully saturated rings. The first kappa shape index (κ1) is 35.8. The van der Waals surface area contributed by atoms with Gasteiger partial charge >= 0.3 is 6.18 Å². The molecule has 1 aliphatic heterocycles. The Labute approximate surface area is 298 Å². The second-order valence-electron chi connectivity index (χ2n) is 14.3. The average molecular weight is 734 g/mol. The van der Waals surface area contributed by atoms with E-state index in [0.717, 1.165) is 11.2 Å². The summed E-state index contributed by atoms with van der Waals surface area (Å²) in [6, 6.07) is 7.15. The summed E-state index contributed by atoms with van der Waals surface area (Å²) < 4.78 is 43.6. The molecule has 10 nitrogen and oxygen atoms in total. The lowest BCUT2D eigenvalue weighted by Crippen LogP contribution is -2.37. The van der Waals surface area contributed by atoms with Gasteiger partial charge in [0.2, 0.25) is 11.9 Å². The van der Waals surface area contributed by atoms with E-state index in [-0.39, 0.29) is 37.1 Å². The van der Waals surface area contributed by atoms with Gasteiger partial charge in [0.15, 0.2) is 0 Å². The Bertz CT molecular complexity index is 1910. The van der Waals surface area contributed by atoms with Crippen LogP contribution in [0.5, 0.6) is 0 Å². The molecule has 0 atom stereocenters. The third-order valence-electron chi connectivity index (χ3n) is 9.74. The number of aryl methyl sites for hydroxylation is 1. The lowest BCUT2D eigenvalue weighted by atomic mass is 9.81. The number of aromatic nitrogens is 4. The van der Waals surface area contributed by atoms with Crippen LogP contribution in [0.25, 0.3) is 11.0 Å². The maximum Gasteiger partial charge on any atom is 0.391 e. The number of hydrogen-bond donors (Lipinski definition) is 3. The fraction of sp³-hybridized carbons (Fsp3) is 0.486. The zero-order chi connectivity index (χ0) is 36.0. The average Bonchev–Trinajstić information content (AvgIpc) is 3.66. The maximum atomic E-state index is 13.8. The van der Waals surface area contributed by atoms with Gasteiger partial charge in [-0.15, -0.1) is 0 Å². The zero-order valence-corrected chi connectivity index (χ0v) is 29.9. The van der Waals surface area contributed by atoms with Crippen molar-refractivity contribution in [1.29, 1.82) is 0 Å². The Kier molecular flexibility index (Phi) is 10.0. The van der Waals surface area contributed by atoms with Crippen LogP contribution in [0.15, 0.2) is 36.8 Å². The second-order valence-corrected chi connectivity index (χ2v) is 15.1. The molecule has 0 spiro atoms. The van der Waals surface area contributed by atoms with Gasteiger partial charge < -0.3 is 30.0 Å². The van der Waals surface area contributed by atoms with E-state index in [2.05, 4.69) is 30.4 Å². The summed E-state index contributed by atoms with van der Waals surface area (Å²) in [7, 11) is 1.85. The van der Waals surface area contributed by atoms with E-state index in [4.69, 9.17) is 28.2 Å². The number of halogens is 5. The normalized spacial score (nSPS) is 18.2. The van der Waals surface area contributed by atoms with Gasteiger partial charge in [0.1, 0.15) is 0 Å². The van der Waals surface area contributed by atoms with E-state index >= 15 is 0 Å². The van der Waals surface area contributed by atoms with Crippen molar-refractivity contribution >= 4 is 63.4 Å². The third kappa shape index (κ3) is 7.53. The van der Waals surface area contributed by atoms with Crippen molar-refractivity contribution in [2.45, 2.75) is 72.3 Å². The van der Waals surface area contributed by atoms with Crippen LogP contribution in [0.3, 0.4) is 0 Å². The van der Waals surface area contributed by atoms with E-state index < -0.39 is 17.5 Å². The highest BCUT2D eigenvalue weighted by molar-refractivity contribution is 6.39. The van der Waals surface area contributed by atoms with Crippen LogP contribution in [0.2, 0.25) is 10.0 Å². The van der Waals surface area contributed by atoms with E-state index in [9.17, 15) is 22.8 Å². The molecule has 268 valence electrons. The van der Waals surface area contributed by atoms with Crippen molar-refractivity contribution < 1.29 is 22.8 Å². The largest absolute Gasteiger partial charge is 0.391 e. The minimum Gasteiger partial charge on any atom is -0.363 e. The molecule has 1 aliphatic carbocycles. The second kappa shape index (κ2) is 14.0. The number of amides is 2. The van der Waals surface area contributed by atoms with Gasteiger partial charge in [0.05, 0.1) is 62.5 Å². The third-order valence-corrected chi connectivity index (χ3v) is 10.5. The Morgan fingerprint density at radius 2 is 1.76 bits per heavy atom. The molecule has 0 unspecified atom stereocenters. The number of nitrogens with one attached hydrogen (secondary N) is 3. The molecular weight excluding hydrogens is 692 g/mol. The van der Waals surface area contributed by atoms with Crippen molar-refractivity contribution in [2.24, 2.45) is 24.3 Å². The van der Waals surface area contributed by atoms with Crippen LogP contribution in [0.4, 0.5) is 30.5 Å². The highest BCUT2D eigenvalue weighted by Gasteiger charge is 2.41. The van der Waals surface area contributed by atoms with E-state index in [1.54, 1.807) is 24.5 Å². The number of carbonyl (C=O) groups excluding carboxylic acids is 2. The maximum absolute atomic E-state index is 13.8. The van der Waals surface area contributed by atoms with Gasteiger partial charge in [-0.1, -0.05) is 50.0 Å². The number of alkyl halides is 3. The van der Waals surface area contributed by atoms with Crippen molar-refractivity contribution in [2.75, 3.05) is 23.3 Å². The predicted octanol–water partition coefficient (Wildman–Crippen LogP) is 7.60. The Hall–Kier alpha value is -3.97. The SMILES string of the molecule is Cn1c(Nc2c(Cl)ccc(CNC(=O)C(C)(C)C)c2Cl)nc2cc(C(=O)NCC3CCC(C(F)(F)F)CC3)c(N3CCn4cncc4C3)cc21. The van der Waals surface area contributed by atoms with Gasteiger partial charge in [-0.25, -0.2) is 9.97 Å². The number of rotatable bonds is 8. The fourth-order valence-corrected chi connectivity index (χ4v) is 7.13. The number of fused-ring (bicyclic) bond motifs is 2.